The summed E-state index contributed by atoms with van der Waals surface area (Å²) in [4.78, 5) is 9.07. The van der Waals surface area contributed by atoms with Crippen LogP contribution >= 0.6 is 0 Å². The Labute approximate surface area is 227 Å². The lowest BCUT2D eigenvalue weighted by atomic mass is 10.0. The monoisotopic (exact) mass is 501 g/mol. The van der Waals surface area contributed by atoms with E-state index in [2.05, 4.69) is 29.9 Å². The molecule has 36 heavy (non-hydrogen) atoms. The molecule has 0 bridgehead atoms. The minimum atomic E-state index is 1.13. The van der Waals surface area contributed by atoms with E-state index in [-0.39, 0.29) is 0 Å². The highest BCUT2D eigenvalue weighted by Gasteiger charge is 2.01. The minimum Gasteiger partial charge on any atom is -0.241 e. The molecular weight excluding hydrogens is 436 g/mol. The zero-order valence-electron chi connectivity index (χ0n) is 24.8. The number of rotatable bonds is 28. The third-order valence-electron chi connectivity index (χ3n) is 7.85. The smallest absolute Gasteiger partial charge is 0.115 e. The molecule has 1 aromatic heterocycles. The molecule has 0 unspecified atom stereocenters. The third kappa shape index (κ3) is 22.3. The molecule has 1 heterocycles. The van der Waals surface area contributed by atoms with E-state index in [0.29, 0.717) is 0 Å². The highest BCUT2D eigenvalue weighted by molar-refractivity contribution is 5.08. The fraction of sp³-hybridized carbons (Fsp3) is 0.882. The van der Waals surface area contributed by atoms with E-state index in [1.54, 1.807) is 6.33 Å². The van der Waals surface area contributed by atoms with Crippen LogP contribution in [-0.4, -0.2) is 9.97 Å². The van der Waals surface area contributed by atoms with Crippen molar-refractivity contribution in [1.29, 1.82) is 0 Å². The maximum absolute atomic E-state index is 4.54. The van der Waals surface area contributed by atoms with E-state index in [0.717, 1.165) is 12.8 Å². The van der Waals surface area contributed by atoms with Crippen LogP contribution in [0.4, 0.5) is 0 Å². The van der Waals surface area contributed by atoms with Gasteiger partial charge in [0.1, 0.15) is 6.33 Å². The van der Waals surface area contributed by atoms with E-state index in [1.807, 2.05) is 0 Å². The maximum Gasteiger partial charge on any atom is 0.115 e. The Hall–Kier alpha value is -0.920. The highest BCUT2D eigenvalue weighted by Crippen LogP contribution is 2.15. The van der Waals surface area contributed by atoms with Crippen molar-refractivity contribution in [2.75, 3.05) is 0 Å². The Bertz CT molecular complexity index is 511. The molecule has 0 atom stereocenters. The number of hydrogen-bond acceptors (Lipinski definition) is 2. The standard InChI is InChI=1S/C34H64N2/c1-3-5-7-9-11-13-15-17-19-21-23-25-27-29-33-31-34(36-32-35-33)30-28-26-24-22-20-18-16-14-12-10-8-6-4-2/h31-32H,3-30H2,1-2H3. The number of hydrogen-bond donors (Lipinski definition) is 0. The molecule has 0 amide bonds. The van der Waals surface area contributed by atoms with Crippen LogP contribution in [0.5, 0.6) is 0 Å². The van der Waals surface area contributed by atoms with Gasteiger partial charge in [-0.05, 0) is 31.7 Å². The number of aromatic nitrogens is 2. The lowest BCUT2D eigenvalue weighted by Gasteiger charge is -2.05. The average molecular weight is 501 g/mol. The van der Waals surface area contributed by atoms with E-state index >= 15 is 0 Å². The van der Waals surface area contributed by atoms with Gasteiger partial charge in [0.15, 0.2) is 0 Å². The molecule has 1 aromatic rings. The van der Waals surface area contributed by atoms with Crippen molar-refractivity contribution in [2.45, 2.75) is 194 Å². The quantitative estimate of drug-likeness (QED) is 0.107. The first-order valence-corrected chi connectivity index (χ1v) is 16.7. The van der Waals surface area contributed by atoms with Crippen LogP contribution in [0.25, 0.3) is 0 Å². The Morgan fingerprint density at radius 2 is 0.611 bits per heavy atom. The van der Waals surface area contributed by atoms with Gasteiger partial charge in [0.25, 0.3) is 0 Å². The van der Waals surface area contributed by atoms with E-state index in [4.69, 9.17) is 0 Å². The molecule has 0 aliphatic carbocycles. The van der Waals surface area contributed by atoms with Gasteiger partial charge in [-0.2, -0.15) is 0 Å². The zero-order valence-corrected chi connectivity index (χ0v) is 24.8. The topological polar surface area (TPSA) is 25.8 Å². The molecule has 0 saturated carbocycles. The predicted molar refractivity (Wildman–Crippen MR) is 161 cm³/mol. The van der Waals surface area contributed by atoms with Gasteiger partial charge in [-0.1, -0.05) is 168 Å². The summed E-state index contributed by atoms with van der Waals surface area (Å²) in [5.41, 5.74) is 2.52. The summed E-state index contributed by atoms with van der Waals surface area (Å²) in [6, 6.07) is 2.28. The lowest BCUT2D eigenvalue weighted by Crippen LogP contribution is -1.97. The van der Waals surface area contributed by atoms with Crippen LogP contribution in [0.2, 0.25) is 0 Å². The van der Waals surface area contributed by atoms with Crippen molar-refractivity contribution < 1.29 is 0 Å². The van der Waals surface area contributed by atoms with Crippen LogP contribution in [0, 0.1) is 0 Å². The fourth-order valence-electron chi connectivity index (χ4n) is 5.37. The van der Waals surface area contributed by atoms with Crippen LogP contribution < -0.4 is 0 Å². The van der Waals surface area contributed by atoms with Gasteiger partial charge in [-0.3, -0.25) is 0 Å². The van der Waals surface area contributed by atoms with Crippen LogP contribution in [0.3, 0.4) is 0 Å². The Morgan fingerprint density at radius 3 is 0.889 bits per heavy atom. The third-order valence-corrected chi connectivity index (χ3v) is 7.85. The van der Waals surface area contributed by atoms with E-state index < -0.39 is 0 Å². The SMILES string of the molecule is CCCCCCCCCCCCCCCc1cc(CCCCCCCCCCCCCCC)ncn1. The van der Waals surface area contributed by atoms with E-state index in [1.165, 1.54) is 178 Å². The summed E-state index contributed by atoms with van der Waals surface area (Å²) >= 11 is 0. The molecule has 0 radical (unpaired) electrons. The van der Waals surface area contributed by atoms with Crippen molar-refractivity contribution in [2.24, 2.45) is 0 Å². The van der Waals surface area contributed by atoms with Crippen molar-refractivity contribution in [3.8, 4) is 0 Å². The van der Waals surface area contributed by atoms with Gasteiger partial charge in [-0.25, -0.2) is 9.97 Å². The number of unbranched alkanes of at least 4 members (excludes halogenated alkanes) is 24. The van der Waals surface area contributed by atoms with Gasteiger partial charge in [-0.15, -0.1) is 0 Å². The second-order valence-corrected chi connectivity index (χ2v) is 11.5. The first kappa shape index (κ1) is 33.1. The Morgan fingerprint density at radius 1 is 0.361 bits per heavy atom. The van der Waals surface area contributed by atoms with Crippen molar-refractivity contribution >= 4 is 0 Å². The van der Waals surface area contributed by atoms with Crippen molar-refractivity contribution in [3.63, 3.8) is 0 Å². The summed E-state index contributed by atoms with van der Waals surface area (Å²) in [5.74, 6) is 0. The molecule has 2 nitrogen and oxygen atoms in total. The summed E-state index contributed by atoms with van der Waals surface area (Å²) in [6.45, 7) is 4.60. The van der Waals surface area contributed by atoms with Crippen molar-refractivity contribution in [1.82, 2.24) is 9.97 Å². The largest absolute Gasteiger partial charge is 0.241 e. The Balaban J connectivity index is 1.89. The molecule has 2 heteroatoms. The van der Waals surface area contributed by atoms with E-state index in [9.17, 15) is 0 Å². The molecule has 1 rings (SSSR count). The zero-order chi connectivity index (χ0) is 25.8. The Kier molecular flexibility index (Phi) is 24.9. The van der Waals surface area contributed by atoms with Crippen molar-refractivity contribution in [3.05, 3.63) is 23.8 Å². The molecule has 0 aliphatic rings. The van der Waals surface area contributed by atoms with Gasteiger partial charge >= 0.3 is 0 Å². The normalized spacial score (nSPS) is 11.4. The lowest BCUT2D eigenvalue weighted by molar-refractivity contribution is 0.538. The van der Waals surface area contributed by atoms with Crippen LogP contribution in [0.15, 0.2) is 12.4 Å². The predicted octanol–water partition coefficient (Wildman–Crippen LogP) is 11.7. The van der Waals surface area contributed by atoms with Crippen LogP contribution in [0.1, 0.15) is 192 Å². The second kappa shape index (κ2) is 27.1. The van der Waals surface area contributed by atoms with Gasteiger partial charge in [0, 0.05) is 11.4 Å². The summed E-state index contributed by atoms with van der Waals surface area (Å²) in [6.07, 6.45) is 40.9. The summed E-state index contributed by atoms with van der Waals surface area (Å²) < 4.78 is 0. The molecule has 0 aliphatic heterocycles. The number of nitrogens with zero attached hydrogens (tertiary/aromatic N) is 2. The number of aryl methyl sites for hydroxylation is 2. The molecule has 0 fully saturated rings. The molecule has 0 N–H and O–H groups in total. The average Bonchev–Trinajstić information content (AvgIpc) is 2.90. The maximum atomic E-state index is 4.54. The molecule has 0 aromatic carbocycles. The first-order valence-electron chi connectivity index (χ1n) is 16.7. The summed E-state index contributed by atoms with van der Waals surface area (Å²) in [5, 5.41) is 0. The van der Waals surface area contributed by atoms with Crippen LogP contribution in [-0.2, 0) is 12.8 Å². The molecule has 210 valence electrons. The van der Waals surface area contributed by atoms with Gasteiger partial charge in [0.05, 0.1) is 0 Å². The first-order chi connectivity index (χ1) is 17.9. The van der Waals surface area contributed by atoms with Gasteiger partial charge < -0.3 is 0 Å². The minimum absolute atomic E-state index is 1.13. The molecule has 0 spiro atoms. The molecule has 0 saturated heterocycles. The second-order valence-electron chi connectivity index (χ2n) is 11.5. The summed E-state index contributed by atoms with van der Waals surface area (Å²) in [7, 11) is 0. The molecular formula is C34H64N2. The van der Waals surface area contributed by atoms with Gasteiger partial charge in [0.2, 0.25) is 0 Å². The highest BCUT2D eigenvalue weighted by atomic mass is 14.8. The fourth-order valence-corrected chi connectivity index (χ4v) is 5.37.